The molecule has 8 nitrogen and oxygen atoms in total. The molecule has 0 unspecified atom stereocenters. The first-order valence-electron chi connectivity index (χ1n) is 14.5. The smallest absolute Gasteiger partial charge is 0.149 e. The van der Waals surface area contributed by atoms with Gasteiger partial charge in [0.25, 0.3) is 0 Å². The van der Waals surface area contributed by atoms with Crippen LogP contribution < -0.4 is 9.64 Å². The lowest BCUT2D eigenvalue weighted by atomic mass is 9.85. The Morgan fingerprint density at radius 2 is 1.61 bits per heavy atom. The van der Waals surface area contributed by atoms with Crippen LogP contribution in [0.15, 0.2) is 36.9 Å². The second-order valence-electron chi connectivity index (χ2n) is 11.1. The summed E-state index contributed by atoms with van der Waals surface area (Å²) in [6.07, 6.45) is 15.7. The number of nitrogens with zero attached hydrogens (tertiary/aromatic N) is 6. The van der Waals surface area contributed by atoms with Crippen molar-refractivity contribution in [2.45, 2.75) is 63.9 Å². The number of aromatic nitrogens is 4. The molecule has 6 rings (SSSR count). The molecule has 202 valence electrons. The fraction of sp³-hybridized carbons (Fsp3) is 0.600. The number of benzene rings is 1. The van der Waals surface area contributed by atoms with Gasteiger partial charge in [0.15, 0.2) is 0 Å². The average Bonchev–Trinajstić information content (AvgIpc) is 2.99. The molecule has 3 fully saturated rings. The summed E-state index contributed by atoms with van der Waals surface area (Å²) in [5.74, 6) is 3.07. The molecule has 4 heterocycles. The first-order valence-corrected chi connectivity index (χ1v) is 14.5. The zero-order valence-corrected chi connectivity index (χ0v) is 22.6. The van der Waals surface area contributed by atoms with Crippen molar-refractivity contribution in [3.63, 3.8) is 0 Å². The molecular formula is C30H40N6O2. The minimum absolute atomic E-state index is 0.202. The van der Waals surface area contributed by atoms with E-state index in [9.17, 15) is 0 Å². The third kappa shape index (κ3) is 5.91. The Labute approximate surface area is 225 Å². The summed E-state index contributed by atoms with van der Waals surface area (Å²) in [6.45, 7) is 9.06. The Morgan fingerprint density at radius 3 is 2.34 bits per heavy atom. The summed E-state index contributed by atoms with van der Waals surface area (Å²) < 4.78 is 12.1. The number of morpholine rings is 1. The summed E-state index contributed by atoms with van der Waals surface area (Å²) in [5.41, 5.74) is 4.19. The number of fused-ring (bicyclic) bond motifs is 1. The van der Waals surface area contributed by atoms with Crippen LogP contribution in [0.3, 0.4) is 0 Å². The molecule has 0 amide bonds. The van der Waals surface area contributed by atoms with E-state index >= 15 is 0 Å². The van der Waals surface area contributed by atoms with Gasteiger partial charge in [-0.25, -0.2) is 15.0 Å². The third-order valence-corrected chi connectivity index (χ3v) is 8.69. The number of rotatable bonds is 7. The van der Waals surface area contributed by atoms with Gasteiger partial charge in [0.05, 0.1) is 24.8 Å². The molecule has 8 heteroatoms. The zero-order valence-electron chi connectivity index (χ0n) is 22.6. The summed E-state index contributed by atoms with van der Waals surface area (Å²) in [7, 11) is 0. The number of anilines is 1. The number of hydrogen-bond donors (Lipinski definition) is 0. The van der Waals surface area contributed by atoms with E-state index in [1.807, 2.05) is 0 Å². The zero-order chi connectivity index (χ0) is 25.7. The van der Waals surface area contributed by atoms with E-state index in [2.05, 4.69) is 51.2 Å². The van der Waals surface area contributed by atoms with Crippen LogP contribution >= 0.6 is 0 Å². The van der Waals surface area contributed by atoms with Gasteiger partial charge in [0.1, 0.15) is 17.1 Å². The molecular weight excluding hydrogens is 476 g/mol. The molecule has 0 bridgehead atoms. The van der Waals surface area contributed by atoms with E-state index in [1.165, 1.54) is 31.5 Å². The Kier molecular flexibility index (Phi) is 7.97. The molecule has 3 aromatic rings. The molecule has 2 aliphatic heterocycles. The van der Waals surface area contributed by atoms with E-state index in [0.717, 1.165) is 93.2 Å². The molecule has 0 atom stereocenters. The minimum atomic E-state index is 0.202. The maximum atomic E-state index is 6.60. The standard InChI is InChI=1S/C30H40N6O2/c1-2-35-11-7-23(8-12-35)24-20-33-29(34-21-24)17-22-3-5-26(6-4-22)38-28-19-25(36-13-15-37-16-14-36)18-27-30(28)32-10-9-31-27/h9-10,18-23,26H,2-8,11-17H2,1H3. The predicted molar refractivity (Wildman–Crippen MR) is 149 cm³/mol. The van der Waals surface area contributed by atoms with Crippen molar-refractivity contribution in [1.82, 2.24) is 24.8 Å². The number of hydrogen-bond acceptors (Lipinski definition) is 8. The van der Waals surface area contributed by atoms with Gasteiger partial charge in [0, 0.05) is 56.1 Å². The van der Waals surface area contributed by atoms with Gasteiger partial charge in [0.2, 0.25) is 0 Å². The predicted octanol–water partition coefficient (Wildman–Crippen LogP) is 4.64. The van der Waals surface area contributed by atoms with Gasteiger partial charge < -0.3 is 19.3 Å². The maximum Gasteiger partial charge on any atom is 0.149 e. The molecule has 3 aliphatic rings. The van der Waals surface area contributed by atoms with Gasteiger partial charge in [-0.15, -0.1) is 0 Å². The summed E-state index contributed by atoms with van der Waals surface area (Å²) in [5, 5.41) is 0. The average molecular weight is 517 g/mol. The normalized spacial score (nSPS) is 23.6. The van der Waals surface area contributed by atoms with Crippen molar-refractivity contribution in [1.29, 1.82) is 0 Å². The largest absolute Gasteiger partial charge is 0.488 e. The molecule has 0 spiro atoms. The Bertz CT molecular complexity index is 1180. The van der Waals surface area contributed by atoms with Gasteiger partial charge in [-0.2, -0.15) is 0 Å². The van der Waals surface area contributed by atoms with E-state index in [0.29, 0.717) is 11.8 Å². The van der Waals surface area contributed by atoms with Gasteiger partial charge in [-0.1, -0.05) is 6.92 Å². The van der Waals surface area contributed by atoms with Crippen LogP contribution in [0.5, 0.6) is 5.75 Å². The van der Waals surface area contributed by atoms with Crippen LogP contribution in [0, 0.1) is 5.92 Å². The molecule has 2 saturated heterocycles. The van der Waals surface area contributed by atoms with Crippen molar-refractivity contribution in [2.24, 2.45) is 5.92 Å². The molecule has 1 saturated carbocycles. The molecule has 0 radical (unpaired) electrons. The van der Waals surface area contributed by atoms with Crippen LogP contribution in [0.2, 0.25) is 0 Å². The summed E-state index contributed by atoms with van der Waals surface area (Å²) in [6, 6.07) is 4.27. The second kappa shape index (κ2) is 11.9. The van der Waals surface area contributed by atoms with Crippen LogP contribution in [0.4, 0.5) is 5.69 Å². The van der Waals surface area contributed by atoms with E-state index in [1.54, 1.807) is 12.4 Å². The van der Waals surface area contributed by atoms with Crippen molar-refractivity contribution in [2.75, 3.05) is 50.8 Å². The monoisotopic (exact) mass is 516 g/mol. The lowest BCUT2D eigenvalue weighted by Crippen LogP contribution is -2.36. The van der Waals surface area contributed by atoms with Gasteiger partial charge in [-0.3, -0.25) is 4.98 Å². The van der Waals surface area contributed by atoms with E-state index in [4.69, 9.17) is 19.4 Å². The van der Waals surface area contributed by atoms with Crippen molar-refractivity contribution < 1.29 is 9.47 Å². The first kappa shape index (κ1) is 25.4. The van der Waals surface area contributed by atoms with Crippen LogP contribution in [0.25, 0.3) is 11.0 Å². The highest BCUT2D eigenvalue weighted by Gasteiger charge is 2.26. The van der Waals surface area contributed by atoms with Crippen molar-refractivity contribution in [3.8, 4) is 5.75 Å². The third-order valence-electron chi connectivity index (χ3n) is 8.69. The Morgan fingerprint density at radius 1 is 0.868 bits per heavy atom. The van der Waals surface area contributed by atoms with Crippen LogP contribution in [-0.4, -0.2) is 76.9 Å². The van der Waals surface area contributed by atoms with Crippen molar-refractivity contribution >= 4 is 16.7 Å². The highest BCUT2D eigenvalue weighted by Crippen LogP contribution is 2.35. The quantitative estimate of drug-likeness (QED) is 0.450. The highest BCUT2D eigenvalue weighted by molar-refractivity contribution is 5.85. The molecule has 38 heavy (non-hydrogen) atoms. The van der Waals surface area contributed by atoms with E-state index in [-0.39, 0.29) is 6.10 Å². The first-order chi connectivity index (χ1) is 18.7. The molecule has 0 N–H and O–H groups in total. The fourth-order valence-electron chi connectivity index (χ4n) is 6.28. The summed E-state index contributed by atoms with van der Waals surface area (Å²) in [4.78, 5) is 23.6. The maximum absolute atomic E-state index is 6.60. The van der Waals surface area contributed by atoms with Crippen molar-refractivity contribution in [3.05, 3.63) is 48.3 Å². The van der Waals surface area contributed by atoms with Crippen LogP contribution in [0.1, 0.15) is 62.8 Å². The highest BCUT2D eigenvalue weighted by atomic mass is 16.5. The number of ether oxygens (including phenoxy) is 2. The van der Waals surface area contributed by atoms with E-state index < -0.39 is 0 Å². The molecule has 1 aromatic carbocycles. The number of piperidine rings is 1. The van der Waals surface area contributed by atoms with Crippen LogP contribution in [-0.2, 0) is 11.2 Å². The fourth-order valence-corrected chi connectivity index (χ4v) is 6.28. The topological polar surface area (TPSA) is 76.5 Å². The lowest BCUT2D eigenvalue weighted by Gasteiger charge is -2.31. The Hall–Kier alpha value is -2.84. The molecule has 2 aromatic heterocycles. The van der Waals surface area contributed by atoms with Gasteiger partial charge >= 0.3 is 0 Å². The number of likely N-dealkylation sites (tertiary alicyclic amines) is 1. The lowest BCUT2D eigenvalue weighted by molar-refractivity contribution is 0.122. The second-order valence-corrected chi connectivity index (χ2v) is 11.1. The molecule has 1 aliphatic carbocycles. The summed E-state index contributed by atoms with van der Waals surface area (Å²) >= 11 is 0. The van der Waals surface area contributed by atoms with Gasteiger partial charge in [-0.05, 0) is 81.6 Å². The SMILES string of the molecule is CCN1CCC(c2cnc(CC3CCC(Oc4cc(N5CCOCC5)cc5nccnc45)CC3)nc2)CC1. The Balaban J connectivity index is 1.04. The minimum Gasteiger partial charge on any atom is -0.488 e.